The number of hydrogen-bond acceptors (Lipinski definition) is 3. The van der Waals surface area contributed by atoms with E-state index in [1.807, 2.05) is 6.92 Å². The highest BCUT2D eigenvalue weighted by molar-refractivity contribution is 5.87. The number of nitrogens with zero attached hydrogens (tertiary/aromatic N) is 1. The van der Waals surface area contributed by atoms with Crippen LogP contribution in [0.5, 0.6) is 0 Å². The minimum atomic E-state index is -1.01. The molecule has 1 aromatic rings. The van der Waals surface area contributed by atoms with Crippen LogP contribution in [0.3, 0.4) is 0 Å². The summed E-state index contributed by atoms with van der Waals surface area (Å²) in [4.78, 5) is 26.6. The number of nitrogens with one attached hydrogen (secondary N) is 1. The predicted molar refractivity (Wildman–Crippen MR) is 62.5 cm³/mol. The molecule has 0 radical (unpaired) electrons. The molecule has 1 unspecified atom stereocenters. The second-order valence-electron chi connectivity index (χ2n) is 3.70. The third kappa shape index (κ3) is 4.22. The summed E-state index contributed by atoms with van der Waals surface area (Å²) in [5, 5.41) is 11.5. The summed E-state index contributed by atoms with van der Waals surface area (Å²) in [6, 6.07) is 5.13. The SMILES string of the molecule is CCCNC(=O)C(CC(=O)O)c1ccccn1. The first-order valence-electron chi connectivity index (χ1n) is 5.55. The highest BCUT2D eigenvalue weighted by Crippen LogP contribution is 2.17. The highest BCUT2D eigenvalue weighted by Gasteiger charge is 2.24. The second kappa shape index (κ2) is 6.62. The fourth-order valence-electron chi connectivity index (χ4n) is 1.46. The summed E-state index contributed by atoms with van der Waals surface area (Å²) in [6.45, 7) is 2.48. The molecule has 0 aliphatic carbocycles. The van der Waals surface area contributed by atoms with Crippen molar-refractivity contribution in [3.63, 3.8) is 0 Å². The van der Waals surface area contributed by atoms with Crippen LogP contribution in [0.25, 0.3) is 0 Å². The van der Waals surface area contributed by atoms with Crippen LogP contribution in [-0.4, -0.2) is 28.5 Å². The quantitative estimate of drug-likeness (QED) is 0.777. The normalized spacial score (nSPS) is 11.8. The number of pyridine rings is 1. The van der Waals surface area contributed by atoms with E-state index in [-0.39, 0.29) is 12.3 Å². The van der Waals surface area contributed by atoms with E-state index in [0.29, 0.717) is 12.2 Å². The van der Waals surface area contributed by atoms with E-state index in [9.17, 15) is 9.59 Å². The Morgan fingerprint density at radius 1 is 1.47 bits per heavy atom. The van der Waals surface area contributed by atoms with Gasteiger partial charge in [-0.3, -0.25) is 14.6 Å². The number of aliphatic carboxylic acids is 1. The van der Waals surface area contributed by atoms with Crippen LogP contribution in [0.1, 0.15) is 31.4 Å². The van der Waals surface area contributed by atoms with Gasteiger partial charge in [-0.25, -0.2) is 0 Å². The molecule has 0 bridgehead atoms. The molecule has 2 N–H and O–H groups in total. The first-order chi connectivity index (χ1) is 8.15. The number of hydrogen-bond donors (Lipinski definition) is 2. The number of carbonyl (C=O) groups is 2. The van der Waals surface area contributed by atoms with Crippen molar-refractivity contribution in [2.45, 2.75) is 25.7 Å². The van der Waals surface area contributed by atoms with Gasteiger partial charge in [0.1, 0.15) is 0 Å². The maximum atomic E-state index is 11.8. The van der Waals surface area contributed by atoms with Crippen LogP contribution in [0.4, 0.5) is 0 Å². The Kier molecular flexibility index (Phi) is 5.13. The van der Waals surface area contributed by atoms with Crippen molar-refractivity contribution in [3.05, 3.63) is 30.1 Å². The van der Waals surface area contributed by atoms with Gasteiger partial charge in [-0.1, -0.05) is 13.0 Å². The van der Waals surface area contributed by atoms with E-state index in [2.05, 4.69) is 10.3 Å². The zero-order valence-corrected chi connectivity index (χ0v) is 9.72. The third-order valence-corrected chi connectivity index (χ3v) is 2.29. The van der Waals surface area contributed by atoms with Gasteiger partial charge in [0.05, 0.1) is 18.0 Å². The minimum absolute atomic E-state index is 0.243. The lowest BCUT2D eigenvalue weighted by atomic mass is 9.99. The minimum Gasteiger partial charge on any atom is -0.481 e. The van der Waals surface area contributed by atoms with Gasteiger partial charge in [-0.15, -0.1) is 0 Å². The summed E-state index contributed by atoms with van der Waals surface area (Å²) < 4.78 is 0. The molecule has 0 aromatic carbocycles. The smallest absolute Gasteiger partial charge is 0.304 e. The van der Waals surface area contributed by atoms with Crippen LogP contribution in [0, 0.1) is 0 Å². The molecule has 1 rings (SSSR count). The first kappa shape index (κ1) is 13.2. The molecule has 92 valence electrons. The van der Waals surface area contributed by atoms with Crippen molar-refractivity contribution in [3.8, 4) is 0 Å². The van der Waals surface area contributed by atoms with Gasteiger partial charge >= 0.3 is 5.97 Å². The van der Waals surface area contributed by atoms with Gasteiger partial charge < -0.3 is 10.4 Å². The lowest BCUT2D eigenvalue weighted by Gasteiger charge is -2.13. The lowest BCUT2D eigenvalue weighted by Crippen LogP contribution is -2.31. The molecular weight excluding hydrogens is 220 g/mol. The Hall–Kier alpha value is -1.91. The summed E-state index contributed by atoms with van der Waals surface area (Å²) in [5.41, 5.74) is 0.489. The first-order valence-corrected chi connectivity index (χ1v) is 5.55. The molecule has 0 aliphatic heterocycles. The van der Waals surface area contributed by atoms with E-state index in [1.54, 1.807) is 24.4 Å². The number of carboxylic acid groups (broad SMARTS) is 1. The molecule has 0 aliphatic rings. The van der Waals surface area contributed by atoms with E-state index >= 15 is 0 Å². The Labute approximate surface area is 99.9 Å². The van der Waals surface area contributed by atoms with Gasteiger partial charge in [0.25, 0.3) is 0 Å². The Bertz CT molecular complexity index is 379. The molecule has 1 atom stereocenters. The molecular formula is C12H16N2O3. The molecule has 1 amide bonds. The van der Waals surface area contributed by atoms with Crippen molar-refractivity contribution in [2.75, 3.05) is 6.54 Å². The van der Waals surface area contributed by atoms with Crippen molar-refractivity contribution >= 4 is 11.9 Å². The number of carboxylic acids is 1. The highest BCUT2D eigenvalue weighted by atomic mass is 16.4. The number of aromatic nitrogens is 1. The average molecular weight is 236 g/mol. The van der Waals surface area contributed by atoms with Crippen LogP contribution >= 0.6 is 0 Å². The summed E-state index contributed by atoms with van der Waals surface area (Å²) >= 11 is 0. The van der Waals surface area contributed by atoms with Gasteiger partial charge in [0.15, 0.2) is 0 Å². The monoisotopic (exact) mass is 236 g/mol. The molecule has 5 nitrogen and oxygen atoms in total. The maximum Gasteiger partial charge on any atom is 0.304 e. The van der Waals surface area contributed by atoms with Crippen molar-refractivity contribution in [1.29, 1.82) is 0 Å². The van der Waals surface area contributed by atoms with Crippen LogP contribution in [0.2, 0.25) is 0 Å². The average Bonchev–Trinajstić information content (AvgIpc) is 2.34. The lowest BCUT2D eigenvalue weighted by molar-refractivity contribution is -0.139. The zero-order valence-electron chi connectivity index (χ0n) is 9.72. The van der Waals surface area contributed by atoms with Crippen molar-refractivity contribution < 1.29 is 14.7 Å². The second-order valence-corrected chi connectivity index (χ2v) is 3.70. The van der Waals surface area contributed by atoms with Gasteiger partial charge in [0, 0.05) is 12.7 Å². The zero-order chi connectivity index (χ0) is 12.7. The fourth-order valence-corrected chi connectivity index (χ4v) is 1.46. The molecule has 5 heteroatoms. The Balaban J connectivity index is 2.80. The molecule has 17 heavy (non-hydrogen) atoms. The third-order valence-electron chi connectivity index (χ3n) is 2.29. The van der Waals surface area contributed by atoms with E-state index in [1.165, 1.54) is 0 Å². The largest absolute Gasteiger partial charge is 0.481 e. The van der Waals surface area contributed by atoms with Crippen LogP contribution in [-0.2, 0) is 9.59 Å². The molecule has 0 fully saturated rings. The number of rotatable bonds is 6. The van der Waals surface area contributed by atoms with E-state index in [4.69, 9.17) is 5.11 Å². The topological polar surface area (TPSA) is 79.3 Å². The van der Waals surface area contributed by atoms with Crippen LogP contribution in [0.15, 0.2) is 24.4 Å². The standard InChI is InChI=1S/C12H16N2O3/c1-2-6-14-12(17)9(8-11(15)16)10-5-3-4-7-13-10/h3-5,7,9H,2,6,8H2,1H3,(H,14,17)(H,15,16). The number of carbonyl (C=O) groups excluding carboxylic acids is 1. The molecule has 1 heterocycles. The Morgan fingerprint density at radius 2 is 2.24 bits per heavy atom. The van der Waals surface area contributed by atoms with Gasteiger partial charge in [0.2, 0.25) is 5.91 Å². The maximum absolute atomic E-state index is 11.8. The van der Waals surface area contributed by atoms with Gasteiger partial charge in [-0.2, -0.15) is 0 Å². The Morgan fingerprint density at radius 3 is 2.76 bits per heavy atom. The predicted octanol–water partition coefficient (Wildman–Crippen LogP) is 1.17. The summed E-state index contributed by atoms with van der Waals surface area (Å²) in [7, 11) is 0. The molecule has 0 saturated heterocycles. The van der Waals surface area contributed by atoms with E-state index in [0.717, 1.165) is 6.42 Å². The summed E-state index contributed by atoms with van der Waals surface area (Å²) in [5.74, 6) is -2.01. The molecule has 0 saturated carbocycles. The fraction of sp³-hybridized carbons (Fsp3) is 0.417. The van der Waals surface area contributed by atoms with Crippen LogP contribution < -0.4 is 5.32 Å². The van der Waals surface area contributed by atoms with Crippen molar-refractivity contribution in [2.24, 2.45) is 0 Å². The van der Waals surface area contributed by atoms with Gasteiger partial charge in [-0.05, 0) is 18.6 Å². The van der Waals surface area contributed by atoms with E-state index < -0.39 is 11.9 Å². The number of amides is 1. The summed E-state index contributed by atoms with van der Waals surface area (Å²) in [6.07, 6.45) is 2.12. The molecule has 0 spiro atoms. The molecule has 1 aromatic heterocycles. The van der Waals surface area contributed by atoms with Crippen molar-refractivity contribution in [1.82, 2.24) is 10.3 Å².